The van der Waals surface area contributed by atoms with Gasteiger partial charge in [-0.1, -0.05) is 30.2 Å². The van der Waals surface area contributed by atoms with Gasteiger partial charge in [0.1, 0.15) is 5.00 Å². The fourth-order valence-corrected chi connectivity index (χ4v) is 6.37. The molecular weight excluding hydrogens is 428 g/mol. The SMILES string of the molecule is O=C(Nc1sc2c(c1[C@H](c1ccc(Cl)cc1)N1CCCCC1)CCCC2)c1ccco1. The molecule has 1 atom stereocenters. The standard InChI is InChI=1S/C25H27ClN2O2S/c26-18-12-10-17(11-13-18)23(28-14-4-1-5-15-28)22-19-7-2-3-9-21(19)31-25(22)27-24(29)20-8-6-16-30-20/h6,8,10-13,16,23H,1-5,7,9,14-15H2,(H,27,29)/t23-/m0/s1. The summed E-state index contributed by atoms with van der Waals surface area (Å²) < 4.78 is 5.35. The summed E-state index contributed by atoms with van der Waals surface area (Å²) in [5.74, 6) is 0.164. The lowest BCUT2D eigenvalue weighted by Gasteiger charge is -2.36. The van der Waals surface area contributed by atoms with Crippen LogP contribution in [0, 0.1) is 0 Å². The van der Waals surface area contributed by atoms with E-state index in [-0.39, 0.29) is 11.9 Å². The summed E-state index contributed by atoms with van der Waals surface area (Å²) in [5.41, 5.74) is 3.96. The van der Waals surface area contributed by atoms with Gasteiger partial charge in [0, 0.05) is 15.5 Å². The highest BCUT2D eigenvalue weighted by Crippen LogP contribution is 2.46. The number of fused-ring (bicyclic) bond motifs is 1. The number of hydrogen-bond donors (Lipinski definition) is 1. The van der Waals surface area contributed by atoms with Crippen LogP contribution in [0.2, 0.25) is 5.02 Å². The van der Waals surface area contributed by atoms with Gasteiger partial charge in [-0.2, -0.15) is 0 Å². The van der Waals surface area contributed by atoms with Crippen molar-refractivity contribution in [1.82, 2.24) is 4.90 Å². The van der Waals surface area contributed by atoms with E-state index in [1.807, 2.05) is 12.1 Å². The molecule has 4 nitrogen and oxygen atoms in total. The number of carbonyl (C=O) groups excluding carboxylic acids is 1. The van der Waals surface area contributed by atoms with E-state index in [1.165, 1.54) is 53.7 Å². The number of rotatable bonds is 5. The van der Waals surface area contributed by atoms with Gasteiger partial charge >= 0.3 is 0 Å². The molecule has 5 rings (SSSR count). The van der Waals surface area contributed by atoms with Gasteiger partial charge in [-0.15, -0.1) is 11.3 Å². The lowest BCUT2D eigenvalue weighted by molar-refractivity contribution is 0.0996. The number of hydrogen-bond acceptors (Lipinski definition) is 4. The van der Waals surface area contributed by atoms with Gasteiger partial charge in [0.05, 0.1) is 12.3 Å². The third kappa shape index (κ3) is 4.32. The topological polar surface area (TPSA) is 45.5 Å². The van der Waals surface area contributed by atoms with Crippen LogP contribution in [-0.2, 0) is 12.8 Å². The highest BCUT2D eigenvalue weighted by atomic mass is 35.5. The third-order valence-electron chi connectivity index (χ3n) is 6.40. The van der Waals surface area contributed by atoms with Crippen LogP contribution in [0.1, 0.15) is 70.3 Å². The summed E-state index contributed by atoms with van der Waals surface area (Å²) in [6.07, 6.45) is 9.85. The summed E-state index contributed by atoms with van der Waals surface area (Å²) in [4.78, 5) is 16.9. The fourth-order valence-electron chi connectivity index (χ4n) is 4.93. The highest BCUT2D eigenvalue weighted by Gasteiger charge is 2.33. The molecule has 31 heavy (non-hydrogen) atoms. The van der Waals surface area contributed by atoms with Crippen molar-refractivity contribution in [3.63, 3.8) is 0 Å². The van der Waals surface area contributed by atoms with E-state index in [0.29, 0.717) is 5.76 Å². The van der Waals surface area contributed by atoms with Gasteiger partial charge in [-0.25, -0.2) is 0 Å². The molecule has 1 fully saturated rings. The minimum absolute atomic E-state index is 0.127. The Labute approximate surface area is 192 Å². The molecule has 0 bridgehead atoms. The first-order valence-electron chi connectivity index (χ1n) is 11.2. The van der Waals surface area contributed by atoms with Crippen LogP contribution >= 0.6 is 22.9 Å². The number of halogens is 1. The Bertz CT molecular complexity index is 1040. The molecule has 6 heteroatoms. The molecule has 1 N–H and O–H groups in total. The van der Waals surface area contributed by atoms with E-state index in [4.69, 9.17) is 16.0 Å². The van der Waals surface area contributed by atoms with Gasteiger partial charge in [-0.05, 0) is 87.0 Å². The predicted molar refractivity (Wildman–Crippen MR) is 126 cm³/mol. The van der Waals surface area contributed by atoms with Crippen molar-refractivity contribution in [2.45, 2.75) is 51.0 Å². The van der Waals surface area contributed by atoms with E-state index >= 15 is 0 Å². The Morgan fingerprint density at radius 1 is 1.03 bits per heavy atom. The molecule has 2 aliphatic rings. The number of carbonyl (C=O) groups is 1. The fraction of sp³-hybridized carbons (Fsp3) is 0.400. The molecular formula is C25H27ClN2O2S. The number of likely N-dealkylation sites (tertiary alicyclic amines) is 1. The van der Waals surface area contributed by atoms with Gasteiger partial charge in [0.2, 0.25) is 0 Å². The Morgan fingerprint density at radius 2 is 1.81 bits per heavy atom. The Hall–Kier alpha value is -2.08. The van der Waals surface area contributed by atoms with Crippen LogP contribution in [0.4, 0.5) is 5.00 Å². The zero-order valence-electron chi connectivity index (χ0n) is 17.5. The molecule has 0 unspecified atom stereocenters. The lowest BCUT2D eigenvalue weighted by atomic mass is 9.88. The van der Waals surface area contributed by atoms with Crippen LogP contribution in [0.3, 0.4) is 0 Å². The maximum atomic E-state index is 12.9. The van der Waals surface area contributed by atoms with Crippen LogP contribution in [0.15, 0.2) is 47.1 Å². The quantitative estimate of drug-likeness (QED) is 0.466. The number of nitrogens with one attached hydrogen (secondary N) is 1. The Morgan fingerprint density at radius 3 is 2.55 bits per heavy atom. The number of amides is 1. The Kier molecular flexibility index (Phi) is 6.17. The molecule has 1 saturated heterocycles. The Balaban J connectivity index is 1.60. The van der Waals surface area contributed by atoms with Crippen molar-refractivity contribution in [3.8, 4) is 0 Å². The highest BCUT2D eigenvalue weighted by molar-refractivity contribution is 7.16. The predicted octanol–water partition coefficient (Wildman–Crippen LogP) is 6.70. The van der Waals surface area contributed by atoms with Crippen LogP contribution in [0.25, 0.3) is 0 Å². The molecule has 0 spiro atoms. The molecule has 0 saturated carbocycles. The maximum Gasteiger partial charge on any atom is 0.291 e. The summed E-state index contributed by atoms with van der Waals surface area (Å²) in [6.45, 7) is 2.15. The summed E-state index contributed by atoms with van der Waals surface area (Å²) >= 11 is 7.97. The van der Waals surface area contributed by atoms with E-state index < -0.39 is 0 Å². The number of thiophene rings is 1. The van der Waals surface area contributed by atoms with Crippen LogP contribution in [-0.4, -0.2) is 23.9 Å². The molecule has 1 aliphatic carbocycles. The average molecular weight is 455 g/mol. The van der Waals surface area contributed by atoms with E-state index in [0.717, 1.165) is 36.0 Å². The second-order valence-corrected chi connectivity index (χ2v) is 9.98. The van der Waals surface area contributed by atoms with Gasteiger partial charge in [0.25, 0.3) is 5.91 Å². The van der Waals surface area contributed by atoms with Gasteiger partial charge in [-0.3, -0.25) is 9.69 Å². The van der Waals surface area contributed by atoms with Crippen molar-refractivity contribution in [2.75, 3.05) is 18.4 Å². The second-order valence-electron chi connectivity index (χ2n) is 8.44. The monoisotopic (exact) mass is 454 g/mol. The summed E-state index contributed by atoms with van der Waals surface area (Å²) in [6, 6.07) is 11.8. The summed E-state index contributed by atoms with van der Waals surface area (Å²) in [7, 11) is 0. The van der Waals surface area contributed by atoms with E-state index in [1.54, 1.807) is 29.7 Å². The van der Waals surface area contributed by atoms with E-state index in [9.17, 15) is 4.79 Å². The first kappa shape index (κ1) is 20.8. The molecule has 1 amide bonds. The maximum absolute atomic E-state index is 12.9. The van der Waals surface area contributed by atoms with Crippen molar-refractivity contribution in [2.24, 2.45) is 0 Å². The van der Waals surface area contributed by atoms with Crippen molar-refractivity contribution in [1.29, 1.82) is 0 Å². The zero-order valence-corrected chi connectivity index (χ0v) is 19.1. The molecule has 3 heterocycles. The van der Waals surface area contributed by atoms with Gasteiger partial charge in [0.15, 0.2) is 5.76 Å². The molecule has 2 aromatic heterocycles. The van der Waals surface area contributed by atoms with Crippen LogP contribution < -0.4 is 5.32 Å². The van der Waals surface area contributed by atoms with Crippen LogP contribution in [0.5, 0.6) is 0 Å². The number of piperidine rings is 1. The lowest BCUT2D eigenvalue weighted by Crippen LogP contribution is -2.35. The van der Waals surface area contributed by atoms with E-state index in [2.05, 4.69) is 22.3 Å². The first-order chi connectivity index (χ1) is 15.2. The average Bonchev–Trinajstić information content (AvgIpc) is 3.45. The van der Waals surface area contributed by atoms with Gasteiger partial charge < -0.3 is 9.73 Å². The smallest absolute Gasteiger partial charge is 0.291 e. The zero-order chi connectivity index (χ0) is 21.2. The second kappa shape index (κ2) is 9.19. The van der Waals surface area contributed by atoms with Crippen molar-refractivity contribution < 1.29 is 9.21 Å². The van der Waals surface area contributed by atoms with Crippen molar-refractivity contribution in [3.05, 3.63) is 75.0 Å². The first-order valence-corrected chi connectivity index (χ1v) is 12.4. The molecule has 1 aliphatic heterocycles. The minimum atomic E-state index is -0.182. The van der Waals surface area contributed by atoms with Crippen molar-refractivity contribution >= 4 is 33.8 Å². The summed E-state index contributed by atoms with van der Waals surface area (Å²) in [5, 5.41) is 4.92. The third-order valence-corrected chi connectivity index (χ3v) is 7.87. The molecule has 3 aromatic rings. The number of nitrogens with zero attached hydrogens (tertiary/aromatic N) is 1. The normalized spacial score (nSPS) is 17.8. The number of anilines is 1. The number of benzene rings is 1. The molecule has 0 radical (unpaired) electrons. The minimum Gasteiger partial charge on any atom is -0.459 e. The molecule has 162 valence electrons. The largest absolute Gasteiger partial charge is 0.459 e. The number of aryl methyl sites for hydroxylation is 1. The number of furan rings is 1. The molecule has 1 aromatic carbocycles.